The summed E-state index contributed by atoms with van der Waals surface area (Å²) in [7, 11) is 0. The van der Waals surface area contributed by atoms with Crippen molar-refractivity contribution in [3.8, 4) is 0 Å². The van der Waals surface area contributed by atoms with Crippen LogP contribution in [-0.2, 0) is 6.54 Å². The van der Waals surface area contributed by atoms with Crippen LogP contribution in [0.25, 0.3) is 0 Å². The van der Waals surface area contributed by atoms with Crippen LogP contribution in [0.3, 0.4) is 0 Å². The fourth-order valence-corrected chi connectivity index (χ4v) is 4.63. The molecule has 2 aliphatic rings. The standard InChI is InChI=1S/C18H22N4OS/c23-17(16-11-24-14-20-16)22-7-2-4-18(13-22)5-8-21(12-18)10-15-3-1-6-19-9-15/h1,3,6,9,11,14H,2,4-5,7-8,10,12-13H2/t18-/m1/s1. The largest absolute Gasteiger partial charge is 0.337 e. The molecule has 126 valence electrons. The lowest BCUT2D eigenvalue weighted by molar-refractivity contribution is 0.0522. The van der Waals surface area contributed by atoms with Crippen molar-refractivity contribution in [1.29, 1.82) is 0 Å². The fraction of sp³-hybridized carbons (Fsp3) is 0.500. The maximum Gasteiger partial charge on any atom is 0.273 e. The first-order chi connectivity index (χ1) is 11.7. The van der Waals surface area contributed by atoms with Crippen LogP contribution in [0.1, 0.15) is 35.3 Å². The van der Waals surface area contributed by atoms with Crippen LogP contribution >= 0.6 is 11.3 Å². The molecule has 2 aromatic rings. The van der Waals surface area contributed by atoms with E-state index >= 15 is 0 Å². The van der Waals surface area contributed by atoms with Crippen molar-refractivity contribution in [3.63, 3.8) is 0 Å². The Kier molecular flexibility index (Phi) is 4.33. The summed E-state index contributed by atoms with van der Waals surface area (Å²) in [5.41, 5.74) is 3.85. The van der Waals surface area contributed by atoms with Crippen LogP contribution < -0.4 is 0 Å². The minimum absolute atomic E-state index is 0.0982. The minimum Gasteiger partial charge on any atom is -0.337 e. The van der Waals surface area contributed by atoms with E-state index in [0.717, 1.165) is 39.1 Å². The number of nitrogens with zero attached hydrogens (tertiary/aromatic N) is 4. The second kappa shape index (κ2) is 6.61. The Morgan fingerprint density at radius 2 is 2.25 bits per heavy atom. The number of hydrogen-bond donors (Lipinski definition) is 0. The smallest absolute Gasteiger partial charge is 0.273 e. The van der Waals surface area contributed by atoms with Crippen molar-refractivity contribution >= 4 is 17.2 Å². The molecule has 24 heavy (non-hydrogen) atoms. The van der Waals surface area contributed by atoms with Gasteiger partial charge in [-0.2, -0.15) is 0 Å². The number of carbonyl (C=O) groups excluding carboxylic acids is 1. The zero-order chi connectivity index (χ0) is 16.4. The van der Waals surface area contributed by atoms with E-state index in [4.69, 9.17) is 0 Å². The normalized spacial score (nSPS) is 24.6. The van der Waals surface area contributed by atoms with Gasteiger partial charge in [-0.3, -0.25) is 14.7 Å². The van der Waals surface area contributed by atoms with E-state index in [0.29, 0.717) is 5.69 Å². The Hall–Kier alpha value is -1.79. The quantitative estimate of drug-likeness (QED) is 0.860. The number of piperidine rings is 1. The summed E-state index contributed by atoms with van der Waals surface area (Å²) in [6, 6.07) is 4.13. The van der Waals surface area contributed by atoms with E-state index in [1.165, 1.54) is 29.7 Å². The zero-order valence-corrected chi connectivity index (χ0v) is 14.5. The molecule has 1 amide bonds. The summed E-state index contributed by atoms with van der Waals surface area (Å²) in [6.45, 7) is 4.86. The van der Waals surface area contributed by atoms with E-state index < -0.39 is 0 Å². The second-order valence-electron chi connectivity index (χ2n) is 7.03. The van der Waals surface area contributed by atoms with Gasteiger partial charge in [-0.05, 0) is 37.4 Å². The molecule has 0 radical (unpaired) electrons. The Balaban J connectivity index is 1.41. The van der Waals surface area contributed by atoms with Gasteiger partial charge in [0.1, 0.15) is 5.69 Å². The van der Waals surface area contributed by atoms with Gasteiger partial charge in [-0.1, -0.05) is 6.07 Å². The molecule has 0 aromatic carbocycles. The number of aromatic nitrogens is 2. The van der Waals surface area contributed by atoms with Crippen molar-refractivity contribution < 1.29 is 4.79 Å². The first-order valence-electron chi connectivity index (χ1n) is 8.53. The van der Waals surface area contributed by atoms with Crippen LogP contribution in [0.5, 0.6) is 0 Å². The molecule has 2 aliphatic heterocycles. The molecule has 4 rings (SSSR count). The van der Waals surface area contributed by atoms with Crippen LogP contribution in [0.15, 0.2) is 35.4 Å². The molecule has 0 bridgehead atoms. The molecule has 2 fully saturated rings. The van der Waals surface area contributed by atoms with Crippen molar-refractivity contribution in [3.05, 3.63) is 46.7 Å². The third-order valence-electron chi connectivity index (χ3n) is 5.25. The molecule has 2 aromatic heterocycles. The average Bonchev–Trinajstić information content (AvgIpc) is 3.26. The van der Waals surface area contributed by atoms with Gasteiger partial charge in [0.2, 0.25) is 0 Å². The highest BCUT2D eigenvalue weighted by Crippen LogP contribution is 2.39. The van der Waals surface area contributed by atoms with Gasteiger partial charge in [0.15, 0.2) is 0 Å². The molecule has 4 heterocycles. The average molecular weight is 342 g/mol. The maximum absolute atomic E-state index is 12.6. The summed E-state index contributed by atoms with van der Waals surface area (Å²) < 4.78 is 0. The molecule has 0 unspecified atom stereocenters. The highest BCUT2D eigenvalue weighted by atomic mass is 32.1. The number of pyridine rings is 1. The van der Waals surface area contributed by atoms with Crippen molar-refractivity contribution in [1.82, 2.24) is 19.8 Å². The third kappa shape index (κ3) is 3.21. The topological polar surface area (TPSA) is 49.3 Å². The lowest BCUT2D eigenvalue weighted by Crippen LogP contribution is -2.47. The minimum atomic E-state index is 0.0982. The third-order valence-corrected chi connectivity index (χ3v) is 5.83. The highest BCUT2D eigenvalue weighted by molar-refractivity contribution is 7.07. The molecular weight excluding hydrogens is 320 g/mol. The molecule has 1 atom stereocenters. The van der Waals surface area contributed by atoms with Crippen LogP contribution in [0.2, 0.25) is 0 Å². The summed E-state index contributed by atoms with van der Waals surface area (Å²) in [5, 5.41) is 1.85. The van der Waals surface area contributed by atoms with Gasteiger partial charge in [-0.25, -0.2) is 4.98 Å². The van der Waals surface area contributed by atoms with Crippen molar-refractivity contribution in [2.45, 2.75) is 25.8 Å². The molecule has 0 aliphatic carbocycles. The van der Waals surface area contributed by atoms with E-state index in [1.807, 2.05) is 28.7 Å². The Morgan fingerprint density at radius 3 is 3.04 bits per heavy atom. The second-order valence-corrected chi connectivity index (χ2v) is 7.74. The monoisotopic (exact) mass is 342 g/mol. The number of carbonyl (C=O) groups is 1. The molecule has 0 saturated carbocycles. The highest BCUT2D eigenvalue weighted by Gasteiger charge is 2.42. The van der Waals surface area contributed by atoms with Crippen LogP contribution in [0.4, 0.5) is 0 Å². The zero-order valence-electron chi connectivity index (χ0n) is 13.7. The Bertz CT molecular complexity index is 690. The van der Waals surface area contributed by atoms with Gasteiger partial charge < -0.3 is 4.90 Å². The molecule has 6 heteroatoms. The van der Waals surface area contributed by atoms with Gasteiger partial charge in [0, 0.05) is 49.4 Å². The predicted octanol–water partition coefficient (Wildman–Crippen LogP) is 2.67. The number of thiazole rings is 1. The van der Waals surface area contributed by atoms with Crippen LogP contribution in [0, 0.1) is 5.41 Å². The molecular formula is C18H22N4OS. The Labute approximate surface area is 146 Å². The summed E-state index contributed by atoms with van der Waals surface area (Å²) in [5.74, 6) is 0.0982. The van der Waals surface area contributed by atoms with Gasteiger partial charge >= 0.3 is 0 Å². The molecule has 0 N–H and O–H groups in total. The van der Waals surface area contributed by atoms with Crippen LogP contribution in [-0.4, -0.2) is 51.9 Å². The lowest BCUT2D eigenvalue weighted by atomic mass is 9.79. The summed E-state index contributed by atoms with van der Waals surface area (Å²) in [6.07, 6.45) is 7.25. The van der Waals surface area contributed by atoms with Gasteiger partial charge in [0.25, 0.3) is 5.91 Å². The van der Waals surface area contributed by atoms with E-state index in [1.54, 1.807) is 5.51 Å². The first kappa shape index (κ1) is 15.7. The van der Waals surface area contributed by atoms with Gasteiger partial charge in [0.05, 0.1) is 5.51 Å². The first-order valence-corrected chi connectivity index (χ1v) is 9.47. The maximum atomic E-state index is 12.6. The SMILES string of the molecule is O=C(c1cscn1)N1CCC[C@]2(CCN(Cc3cccnc3)C2)C1. The lowest BCUT2D eigenvalue weighted by Gasteiger charge is -2.40. The summed E-state index contributed by atoms with van der Waals surface area (Å²) >= 11 is 1.48. The molecule has 1 spiro atoms. The van der Waals surface area contributed by atoms with Gasteiger partial charge in [-0.15, -0.1) is 11.3 Å². The summed E-state index contributed by atoms with van der Waals surface area (Å²) in [4.78, 5) is 25.5. The Morgan fingerprint density at radius 1 is 1.29 bits per heavy atom. The number of rotatable bonds is 3. The number of amides is 1. The number of likely N-dealkylation sites (tertiary alicyclic amines) is 2. The predicted molar refractivity (Wildman–Crippen MR) is 93.8 cm³/mol. The molecule has 2 saturated heterocycles. The van der Waals surface area contributed by atoms with Crippen molar-refractivity contribution in [2.75, 3.05) is 26.2 Å². The fourth-order valence-electron chi connectivity index (χ4n) is 4.11. The number of hydrogen-bond acceptors (Lipinski definition) is 5. The van der Waals surface area contributed by atoms with E-state index in [9.17, 15) is 4.79 Å². The molecule has 5 nitrogen and oxygen atoms in total. The van der Waals surface area contributed by atoms with Crippen molar-refractivity contribution in [2.24, 2.45) is 5.41 Å². The van der Waals surface area contributed by atoms with E-state index in [-0.39, 0.29) is 11.3 Å². The van der Waals surface area contributed by atoms with E-state index in [2.05, 4.69) is 20.9 Å².